The second-order valence-electron chi connectivity index (χ2n) is 4.94. The zero-order chi connectivity index (χ0) is 16.9. The second-order valence-corrected chi connectivity index (χ2v) is 4.94. The normalized spacial score (nSPS) is 10.8. The Kier molecular flexibility index (Phi) is 4.24. The number of rotatable bonds is 4. The van der Waals surface area contributed by atoms with Crippen LogP contribution in [0.3, 0.4) is 0 Å². The van der Waals surface area contributed by atoms with E-state index in [-0.39, 0.29) is 11.4 Å². The molecule has 0 radical (unpaired) electrons. The van der Waals surface area contributed by atoms with Crippen LogP contribution in [0.15, 0.2) is 65.8 Å². The van der Waals surface area contributed by atoms with Crippen molar-refractivity contribution in [2.45, 2.75) is 0 Å². The van der Waals surface area contributed by atoms with Crippen LogP contribution in [0.5, 0.6) is 0 Å². The first-order chi connectivity index (χ1) is 11.6. The van der Waals surface area contributed by atoms with Crippen LogP contribution < -0.4 is 5.43 Å². The van der Waals surface area contributed by atoms with E-state index < -0.39 is 10.8 Å². The van der Waals surface area contributed by atoms with E-state index >= 15 is 0 Å². The summed E-state index contributed by atoms with van der Waals surface area (Å²) in [6.07, 6.45) is 1.34. The van der Waals surface area contributed by atoms with E-state index in [1.165, 1.54) is 18.3 Å². The van der Waals surface area contributed by atoms with Crippen molar-refractivity contribution in [3.63, 3.8) is 0 Å². The number of hydrogen-bond acceptors (Lipinski definition) is 5. The standard InChI is InChI=1S/C17H12N4O3/c22-17(16-9-8-13-5-1-2-7-15(13)19-16)20-18-11-12-4-3-6-14(10-12)21(23)24/h1-11H,(H,20,22)/b18-11-. The van der Waals surface area contributed by atoms with E-state index in [0.717, 1.165) is 5.39 Å². The molecular formula is C17H12N4O3. The molecule has 0 aliphatic rings. The van der Waals surface area contributed by atoms with Crippen LogP contribution in [0, 0.1) is 10.1 Å². The van der Waals surface area contributed by atoms with Crippen molar-refractivity contribution in [1.29, 1.82) is 0 Å². The molecule has 2 aromatic carbocycles. The summed E-state index contributed by atoms with van der Waals surface area (Å²) in [7, 11) is 0. The number of nitro benzene ring substituents is 1. The summed E-state index contributed by atoms with van der Waals surface area (Å²) in [4.78, 5) is 26.5. The third-order valence-electron chi connectivity index (χ3n) is 3.29. The number of hydrogen-bond donors (Lipinski definition) is 1. The third kappa shape index (κ3) is 3.41. The van der Waals surface area contributed by atoms with E-state index in [9.17, 15) is 14.9 Å². The van der Waals surface area contributed by atoms with Gasteiger partial charge in [-0.2, -0.15) is 5.10 Å². The van der Waals surface area contributed by atoms with Gasteiger partial charge in [-0.15, -0.1) is 0 Å². The Balaban J connectivity index is 1.72. The number of amides is 1. The van der Waals surface area contributed by atoms with Crippen LogP contribution in [0.25, 0.3) is 10.9 Å². The molecule has 3 rings (SSSR count). The van der Waals surface area contributed by atoms with Gasteiger partial charge < -0.3 is 0 Å². The maximum absolute atomic E-state index is 12.1. The van der Waals surface area contributed by atoms with Crippen LogP contribution in [0.1, 0.15) is 16.1 Å². The lowest BCUT2D eigenvalue weighted by molar-refractivity contribution is -0.384. The quantitative estimate of drug-likeness (QED) is 0.454. The fourth-order valence-corrected chi connectivity index (χ4v) is 2.13. The van der Waals surface area contributed by atoms with Gasteiger partial charge in [-0.3, -0.25) is 14.9 Å². The Labute approximate surface area is 136 Å². The SMILES string of the molecule is O=C(N/N=C\c1cccc([N+](=O)[O-])c1)c1ccc2ccccc2n1. The first kappa shape index (κ1) is 15.3. The summed E-state index contributed by atoms with van der Waals surface area (Å²) in [5, 5.41) is 15.5. The summed E-state index contributed by atoms with van der Waals surface area (Å²) in [6.45, 7) is 0. The van der Waals surface area contributed by atoms with Crippen LogP contribution in [0.2, 0.25) is 0 Å². The van der Waals surface area contributed by atoms with Crippen LogP contribution >= 0.6 is 0 Å². The zero-order valence-electron chi connectivity index (χ0n) is 12.4. The fraction of sp³-hybridized carbons (Fsp3) is 0. The summed E-state index contributed by atoms with van der Waals surface area (Å²) in [6, 6.07) is 16.8. The molecule has 1 N–H and O–H groups in total. The Morgan fingerprint density at radius 2 is 1.96 bits per heavy atom. The fourth-order valence-electron chi connectivity index (χ4n) is 2.13. The number of non-ortho nitro benzene ring substituents is 1. The van der Waals surface area contributed by atoms with Gasteiger partial charge in [0, 0.05) is 23.1 Å². The van der Waals surface area contributed by atoms with Crippen molar-refractivity contribution >= 4 is 28.7 Å². The number of hydrazone groups is 1. The number of nitro groups is 1. The van der Waals surface area contributed by atoms with Crippen molar-refractivity contribution < 1.29 is 9.72 Å². The molecule has 118 valence electrons. The molecule has 1 heterocycles. The van der Waals surface area contributed by atoms with E-state index in [0.29, 0.717) is 11.1 Å². The number of nitrogens with one attached hydrogen (secondary N) is 1. The molecule has 0 fully saturated rings. The maximum Gasteiger partial charge on any atom is 0.289 e. The Morgan fingerprint density at radius 3 is 2.79 bits per heavy atom. The van der Waals surface area contributed by atoms with Crippen molar-refractivity contribution in [1.82, 2.24) is 10.4 Å². The van der Waals surface area contributed by atoms with Gasteiger partial charge in [0.05, 0.1) is 16.7 Å². The highest BCUT2D eigenvalue weighted by Gasteiger charge is 2.07. The largest absolute Gasteiger partial charge is 0.289 e. The summed E-state index contributed by atoms with van der Waals surface area (Å²) >= 11 is 0. The van der Waals surface area contributed by atoms with Gasteiger partial charge in [0.15, 0.2) is 0 Å². The van der Waals surface area contributed by atoms with Crippen molar-refractivity contribution in [3.05, 3.63) is 82.0 Å². The van der Waals surface area contributed by atoms with Crippen molar-refractivity contribution in [3.8, 4) is 0 Å². The van der Waals surface area contributed by atoms with Gasteiger partial charge >= 0.3 is 0 Å². The van der Waals surface area contributed by atoms with Crippen molar-refractivity contribution in [2.75, 3.05) is 0 Å². The number of pyridine rings is 1. The first-order valence-electron chi connectivity index (χ1n) is 7.07. The highest BCUT2D eigenvalue weighted by molar-refractivity contribution is 5.95. The van der Waals surface area contributed by atoms with Gasteiger partial charge in [-0.05, 0) is 12.1 Å². The zero-order valence-corrected chi connectivity index (χ0v) is 12.4. The molecule has 1 amide bonds. The lowest BCUT2D eigenvalue weighted by Crippen LogP contribution is -2.18. The molecule has 0 saturated heterocycles. The third-order valence-corrected chi connectivity index (χ3v) is 3.29. The lowest BCUT2D eigenvalue weighted by Gasteiger charge is -2.01. The average molecular weight is 320 g/mol. The van der Waals surface area contributed by atoms with E-state index in [2.05, 4.69) is 15.5 Å². The molecule has 24 heavy (non-hydrogen) atoms. The molecule has 0 unspecified atom stereocenters. The monoisotopic (exact) mass is 320 g/mol. The van der Waals surface area contributed by atoms with Crippen LogP contribution in [-0.2, 0) is 0 Å². The Morgan fingerprint density at radius 1 is 1.12 bits per heavy atom. The molecule has 0 aliphatic heterocycles. The van der Waals surface area contributed by atoms with Gasteiger partial charge in [0.25, 0.3) is 11.6 Å². The van der Waals surface area contributed by atoms with Crippen LogP contribution in [-0.4, -0.2) is 22.0 Å². The van der Waals surface area contributed by atoms with Gasteiger partial charge in [-0.25, -0.2) is 10.4 Å². The number of nitrogens with zero attached hydrogens (tertiary/aromatic N) is 3. The molecule has 1 aromatic heterocycles. The number of carbonyl (C=O) groups excluding carboxylic acids is 1. The van der Waals surface area contributed by atoms with Crippen molar-refractivity contribution in [2.24, 2.45) is 5.10 Å². The molecule has 3 aromatic rings. The number of benzene rings is 2. The molecule has 0 spiro atoms. The topological polar surface area (TPSA) is 97.5 Å². The van der Waals surface area contributed by atoms with E-state index in [4.69, 9.17) is 0 Å². The molecular weight excluding hydrogens is 308 g/mol. The molecule has 7 heteroatoms. The predicted molar refractivity (Wildman–Crippen MR) is 89.9 cm³/mol. The highest BCUT2D eigenvalue weighted by Crippen LogP contribution is 2.12. The minimum absolute atomic E-state index is 0.0403. The average Bonchev–Trinajstić information content (AvgIpc) is 2.61. The highest BCUT2D eigenvalue weighted by atomic mass is 16.6. The molecule has 0 saturated carbocycles. The molecule has 0 atom stereocenters. The Hall–Kier alpha value is -3.61. The smallest absolute Gasteiger partial charge is 0.266 e. The minimum atomic E-state index is -0.491. The number of carbonyl (C=O) groups is 1. The number of fused-ring (bicyclic) bond motifs is 1. The lowest BCUT2D eigenvalue weighted by atomic mass is 10.2. The van der Waals surface area contributed by atoms with Gasteiger partial charge in [0.1, 0.15) is 5.69 Å². The summed E-state index contributed by atoms with van der Waals surface area (Å²) in [5.41, 5.74) is 3.79. The van der Waals surface area contributed by atoms with Gasteiger partial charge in [0.2, 0.25) is 0 Å². The minimum Gasteiger partial charge on any atom is -0.266 e. The first-order valence-corrected chi connectivity index (χ1v) is 7.07. The number of para-hydroxylation sites is 1. The predicted octanol–water partition coefficient (Wildman–Crippen LogP) is 2.91. The van der Waals surface area contributed by atoms with E-state index in [1.807, 2.05) is 30.3 Å². The maximum atomic E-state index is 12.1. The summed E-state index contributed by atoms with van der Waals surface area (Å²) in [5.74, 6) is -0.456. The van der Waals surface area contributed by atoms with Crippen LogP contribution in [0.4, 0.5) is 5.69 Å². The number of aromatic nitrogens is 1. The van der Waals surface area contributed by atoms with E-state index in [1.54, 1.807) is 18.2 Å². The molecule has 0 bridgehead atoms. The second kappa shape index (κ2) is 6.66. The molecule has 0 aliphatic carbocycles. The summed E-state index contributed by atoms with van der Waals surface area (Å²) < 4.78 is 0. The molecule has 7 nitrogen and oxygen atoms in total. The Bertz CT molecular complexity index is 953. The van der Waals surface area contributed by atoms with Gasteiger partial charge in [-0.1, -0.05) is 36.4 Å².